The van der Waals surface area contributed by atoms with Crippen LogP contribution in [0.15, 0.2) is 29.2 Å². The van der Waals surface area contributed by atoms with Crippen molar-refractivity contribution < 1.29 is 13.2 Å². The van der Waals surface area contributed by atoms with E-state index in [1.807, 2.05) is 6.92 Å². The van der Waals surface area contributed by atoms with E-state index >= 15 is 0 Å². The van der Waals surface area contributed by atoms with Gasteiger partial charge in [-0.05, 0) is 43.5 Å². The summed E-state index contributed by atoms with van der Waals surface area (Å²) in [6.07, 6.45) is 2.63. The molecule has 0 saturated heterocycles. The van der Waals surface area contributed by atoms with Gasteiger partial charge in [-0.1, -0.05) is 6.92 Å². The summed E-state index contributed by atoms with van der Waals surface area (Å²) in [5.41, 5.74) is 0.853. The molecule has 0 atom stereocenters. The minimum atomic E-state index is -3.15. The highest BCUT2D eigenvalue weighted by Crippen LogP contribution is 2.28. The summed E-state index contributed by atoms with van der Waals surface area (Å²) >= 11 is 0. The first-order valence-corrected chi connectivity index (χ1v) is 9.02. The summed E-state index contributed by atoms with van der Waals surface area (Å²) in [6, 6.07) is 6.75. The Morgan fingerprint density at radius 1 is 1.19 bits per heavy atom. The summed E-state index contributed by atoms with van der Waals surface area (Å²) in [5, 5.41) is 6.03. The average Bonchev–Trinajstić information content (AvgIpc) is 3.28. The van der Waals surface area contributed by atoms with Gasteiger partial charge in [0.2, 0.25) is 5.91 Å². The van der Waals surface area contributed by atoms with E-state index in [2.05, 4.69) is 10.6 Å². The van der Waals surface area contributed by atoms with Crippen LogP contribution in [-0.4, -0.2) is 33.2 Å². The fourth-order valence-corrected chi connectivity index (χ4v) is 3.37. The smallest absolute Gasteiger partial charge is 0.223 e. The van der Waals surface area contributed by atoms with E-state index in [0.29, 0.717) is 24.4 Å². The van der Waals surface area contributed by atoms with Gasteiger partial charge in [0, 0.05) is 24.7 Å². The van der Waals surface area contributed by atoms with E-state index in [9.17, 15) is 13.2 Å². The molecule has 2 N–H and O–H groups in total. The average molecular weight is 310 g/mol. The molecule has 1 amide bonds. The number of carbonyl (C=O) groups is 1. The SMILES string of the molecule is CCCS(=O)(=O)c1ccc(NCCNC(=O)C2CC2)cc1. The maximum absolute atomic E-state index is 11.9. The number of benzene rings is 1. The van der Waals surface area contributed by atoms with Crippen LogP contribution in [0.3, 0.4) is 0 Å². The van der Waals surface area contributed by atoms with E-state index in [1.165, 1.54) is 0 Å². The topological polar surface area (TPSA) is 75.3 Å². The van der Waals surface area contributed by atoms with E-state index < -0.39 is 9.84 Å². The first kappa shape index (κ1) is 15.8. The van der Waals surface area contributed by atoms with Crippen molar-refractivity contribution in [1.82, 2.24) is 5.32 Å². The molecule has 21 heavy (non-hydrogen) atoms. The lowest BCUT2D eigenvalue weighted by atomic mass is 10.3. The molecule has 0 spiro atoms. The maximum atomic E-state index is 11.9. The summed E-state index contributed by atoms with van der Waals surface area (Å²) in [5.74, 6) is 0.540. The van der Waals surface area contributed by atoms with Crippen LogP contribution in [0.5, 0.6) is 0 Å². The third kappa shape index (κ3) is 4.74. The molecule has 0 radical (unpaired) electrons. The second-order valence-electron chi connectivity index (χ2n) is 5.34. The fourth-order valence-electron chi connectivity index (χ4n) is 2.05. The first-order valence-electron chi connectivity index (χ1n) is 7.37. The zero-order valence-electron chi connectivity index (χ0n) is 12.3. The molecule has 0 aliphatic heterocycles. The molecule has 1 aromatic rings. The molecule has 0 bridgehead atoms. The molecule has 116 valence electrons. The van der Waals surface area contributed by atoms with E-state index in [0.717, 1.165) is 18.5 Å². The minimum Gasteiger partial charge on any atom is -0.383 e. The Kier molecular flexibility index (Phi) is 5.22. The predicted molar refractivity (Wildman–Crippen MR) is 83.0 cm³/mol. The van der Waals surface area contributed by atoms with Crippen LogP contribution in [0.4, 0.5) is 5.69 Å². The normalized spacial score (nSPS) is 14.7. The van der Waals surface area contributed by atoms with Crippen molar-refractivity contribution in [1.29, 1.82) is 0 Å². The Morgan fingerprint density at radius 3 is 2.43 bits per heavy atom. The van der Waals surface area contributed by atoms with Crippen LogP contribution in [0.25, 0.3) is 0 Å². The van der Waals surface area contributed by atoms with Crippen LogP contribution in [-0.2, 0) is 14.6 Å². The highest BCUT2D eigenvalue weighted by atomic mass is 32.2. The van der Waals surface area contributed by atoms with E-state index in [-0.39, 0.29) is 17.6 Å². The molecule has 0 unspecified atom stereocenters. The number of hydrogen-bond acceptors (Lipinski definition) is 4. The van der Waals surface area contributed by atoms with Crippen molar-refractivity contribution in [2.75, 3.05) is 24.2 Å². The molecule has 0 aromatic heterocycles. The van der Waals surface area contributed by atoms with Gasteiger partial charge in [-0.3, -0.25) is 4.79 Å². The Labute approximate surface area is 126 Å². The lowest BCUT2D eigenvalue weighted by Gasteiger charge is -2.09. The Hall–Kier alpha value is -1.56. The van der Waals surface area contributed by atoms with Gasteiger partial charge in [0.25, 0.3) is 0 Å². The Morgan fingerprint density at radius 2 is 1.86 bits per heavy atom. The van der Waals surface area contributed by atoms with E-state index in [1.54, 1.807) is 24.3 Å². The fraction of sp³-hybridized carbons (Fsp3) is 0.533. The van der Waals surface area contributed by atoms with Crippen LogP contribution >= 0.6 is 0 Å². The summed E-state index contributed by atoms with van der Waals surface area (Å²) in [4.78, 5) is 11.8. The van der Waals surface area contributed by atoms with Crippen LogP contribution in [0, 0.1) is 5.92 Å². The molecule has 1 fully saturated rings. The number of carbonyl (C=O) groups excluding carboxylic acids is 1. The lowest BCUT2D eigenvalue weighted by Crippen LogP contribution is -2.29. The van der Waals surface area contributed by atoms with Crippen LogP contribution in [0.2, 0.25) is 0 Å². The summed E-state index contributed by atoms with van der Waals surface area (Å²) < 4.78 is 23.8. The number of hydrogen-bond donors (Lipinski definition) is 2. The standard InChI is InChI=1S/C15H22N2O3S/c1-2-11-21(19,20)14-7-5-13(6-8-14)16-9-10-17-15(18)12-3-4-12/h5-8,12,16H,2-4,9-11H2,1H3,(H,17,18). The van der Waals surface area contributed by atoms with Crippen LogP contribution in [0.1, 0.15) is 26.2 Å². The third-order valence-corrected chi connectivity index (χ3v) is 5.32. The molecular weight excluding hydrogens is 288 g/mol. The van der Waals surface area contributed by atoms with Crippen molar-refractivity contribution in [3.63, 3.8) is 0 Å². The van der Waals surface area contributed by atoms with Gasteiger partial charge in [0.15, 0.2) is 9.84 Å². The quantitative estimate of drug-likeness (QED) is 0.718. The monoisotopic (exact) mass is 310 g/mol. The number of amides is 1. The summed E-state index contributed by atoms with van der Waals surface area (Å²) in [6.45, 7) is 3.05. The molecule has 1 saturated carbocycles. The number of rotatable bonds is 8. The Bertz CT molecular complexity index is 577. The zero-order valence-corrected chi connectivity index (χ0v) is 13.1. The molecule has 1 aliphatic rings. The molecule has 0 heterocycles. The van der Waals surface area contributed by atoms with Crippen molar-refractivity contribution in [3.8, 4) is 0 Å². The van der Waals surface area contributed by atoms with Gasteiger partial charge in [-0.25, -0.2) is 8.42 Å². The predicted octanol–water partition coefficient (Wildman–Crippen LogP) is 1.81. The molecule has 1 aromatic carbocycles. The van der Waals surface area contributed by atoms with E-state index in [4.69, 9.17) is 0 Å². The van der Waals surface area contributed by atoms with Crippen molar-refractivity contribution >= 4 is 21.4 Å². The second-order valence-corrected chi connectivity index (χ2v) is 7.44. The highest BCUT2D eigenvalue weighted by molar-refractivity contribution is 7.91. The lowest BCUT2D eigenvalue weighted by molar-refractivity contribution is -0.122. The minimum absolute atomic E-state index is 0.137. The highest BCUT2D eigenvalue weighted by Gasteiger charge is 2.28. The van der Waals surface area contributed by atoms with Gasteiger partial charge in [0.05, 0.1) is 10.6 Å². The largest absolute Gasteiger partial charge is 0.383 e. The number of sulfone groups is 1. The van der Waals surface area contributed by atoms with Gasteiger partial charge in [-0.15, -0.1) is 0 Å². The second kappa shape index (κ2) is 6.93. The van der Waals surface area contributed by atoms with Gasteiger partial charge in [-0.2, -0.15) is 0 Å². The summed E-state index contributed by atoms with van der Waals surface area (Å²) in [7, 11) is -3.15. The third-order valence-electron chi connectivity index (χ3n) is 3.39. The maximum Gasteiger partial charge on any atom is 0.223 e. The van der Waals surface area contributed by atoms with Gasteiger partial charge >= 0.3 is 0 Å². The molecule has 6 heteroatoms. The van der Waals surface area contributed by atoms with Crippen molar-refractivity contribution in [2.24, 2.45) is 5.92 Å². The molecule has 5 nitrogen and oxygen atoms in total. The van der Waals surface area contributed by atoms with Crippen molar-refractivity contribution in [2.45, 2.75) is 31.1 Å². The molecular formula is C15H22N2O3S. The van der Waals surface area contributed by atoms with Gasteiger partial charge in [0.1, 0.15) is 0 Å². The van der Waals surface area contributed by atoms with Gasteiger partial charge < -0.3 is 10.6 Å². The van der Waals surface area contributed by atoms with Crippen molar-refractivity contribution in [3.05, 3.63) is 24.3 Å². The van der Waals surface area contributed by atoms with Crippen LogP contribution < -0.4 is 10.6 Å². The zero-order chi connectivity index (χ0) is 15.3. The first-order chi connectivity index (χ1) is 10.0. The molecule has 2 rings (SSSR count). The number of anilines is 1. The number of nitrogens with one attached hydrogen (secondary N) is 2. The Balaban J connectivity index is 1.78. The molecule has 1 aliphatic carbocycles.